The summed E-state index contributed by atoms with van der Waals surface area (Å²) >= 11 is 0. The Bertz CT molecular complexity index is 3680. The summed E-state index contributed by atoms with van der Waals surface area (Å²) < 4.78 is 38.3. The van der Waals surface area contributed by atoms with Crippen molar-refractivity contribution >= 4 is 79.4 Å². The molecule has 1 aliphatic heterocycles. The monoisotopic (exact) mass is 1110 g/mol. The first kappa shape index (κ1) is 42.9. The minimum atomic E-state index is -2.86. The van der Waals surface area contributed by atoms with Gasteiger partial charge >= 0.3 is 32.8 Å². The molecule has 0 N–H and O–H groups in total. The van der Waals surface area contributed by atoms with E-state index in [1.807, 2.05) is 57.8 Å². The van der Waals surface area contributed by atoms with E-state index in [2.05, 4.69) is 204 Å². The molecule has 3 heterocycles. The fraction of sp³-hybridized carbons (Fsp3) is 0.143. The zero-order chi connectivity index (χ0) is 50.0. The van der Waals surface area contributed by atoms with Gasteiger partial charge in [-0.05, 0) is 77.7 Å². The Balaban J connectivity index is 0.00000611. The van der Waals surface area contributed by atoms with Gasteiger partial charge in [-0.2, -0.15) is 12.1 Å². The van der Waals surface area contributed by atoms with Crippen molar-refractivity contribution < 1.29 is 29.9 Å². The summed E-state index contributed by atoms with van der Waals surface area (Å²) in [6.07, 6.45) is 1.90. The second-order valence-corrected chi connectivity index (χ2v) is 23.7. The van der Waals surface area contributed by atoms with Crippen molar-refractivity contribution in [3.05, 3.63) is 229 Å². The smallest absolute Gasteiger partial charge is 0.509 e. The molecule has 344 valence electrons. The molecule has 0 radical (unpaired) electrons. The maximum atomic E-state index is 8.54. The molecule has 0 saturated carbocycles. The fourth-order valence-electron chi connectivity index (χ4n) is 9.90. The van der Waals surface area contributed by atoms with Crippen molar-refractivity contribution in [2.24, 2.45) is 0 Å². The van der Waals surface area contributed by atoms with Gasteiger partial charge in [0, 0.05) is 51.1 Å². The molecule has 2 aromatic heterocycles. The van der Waals surface area contributed by atoms with Crippen molar-refractivity contribution in [1.29, 1.82) is 0 Å². The van der Waals surface area contributed by atoms with Crippen molar-refractivity contribution in [2.75, 3.05) is 0 Å². The van der Waals surface area contributed by atoms with Crippen molar-refractivity contribution in [2.45, 2.75) is 59.2 Å². The van der Waals surface area contributed by atoms with E-state index in [1.165, 1.54) is 26.3 Å². The first-order valence-electron chi connectivity index (χ1n) is 25.0. The van der Waals surface area contributed by atoms with E-state index < -0.39 is 14.9 Å². The molecule has 0 unspecified atom stereocenters. The summed E-state index contributed by atoms with van der Waals surface area (Å²) in [7, 11) is -2.86. The summed E-state index contributed by atoms with van der Waals surface area (Å²) in [4.78, 5) is 5.02. The predicted octanol–water partition coefficient (Wildman–Crippen LogP) is 12.7. The van der Waals surface area contributed by atoms with E-state index >= 15 is 0 Å². The van der Waals surface area contributed by atoms with Crippen LogP contribution in [0.15, 0.2) is 200 Å². The number of benzene rings is 8. The summed E-state index contributed by atoms with van der Waals surface area (Å²) in [5.74, 6) is 1.77. The van der Waals surface area contributed by atoms with Crippen molar-refractivity contribution in [3.63, 3.8) is 0 Å². The molecule has 10 aromatic rings. The maximum Gasteiger partial charge on any atom is 2.00 e. The average molecular weight is 1110 g/mol. The van der Waals surface area contributed by atoms with E-state index in [0.29, 0.717) is 28.6 Å². The Morgan fingerprint density at radius 2 is 1.20 bits per heavy atom. The van der Waals surface area contributed by atoms with Gasteiger partial charge in [0.1, 0.15) is 11.5 Å². The molecule has 70 heavy (non-hydrogen) atoms. The molecule has 11 rings (SSSR count). The van der Waals surface area contributed by atoms with Crippen LogP contribution in [-0.2, 0) is 31.9 Å². The van der Waals surface area contributed by atoms with Crippen LogP contribution in [0.1, 0.15) is 62.3 Å². The van der Waals surface area contributed by atoms with Gasteiger partial charge in [-0.3, -0.25) is 0 Å². The summed E-state index contributed by atoms with van der Waals surface area (Å²) in [6.45, 7) is 10.8. The molecule has 0 aliphatic carbocycles. The Kier molecular flexibility index (Phi) is 11.2. The molecule has 8 aromatic carbocycles. The molecule has 0 fully saturated rings. The third kappa shape index (κ3) is 8.20. The van der Waals surface area contributed by atoms with Gasteiger partial charge in [-0.1, -0.05) is 191 Å². The SMILES string of the molecule is [2H]C([2H])([2H])c1cccc2c1[N+](c1cccc(C(C)(C)C)c1)=C=[N+]2c1[c-]c(Oc2[c-]c3c(cc2)c2cc([Si](c4ccccc4)(c4ccccc4)c4ccccc4)ccc2n3-c2cc(C(C)(C)C)ccn2)ccc1.[Pt+2]. The molecule has 0 atom stereocenters. The van der Waals surface area contributed by atoms with Gasteiger partial charge < -0.3 is 9.30 Å². The van der Waals surface area contributed by atoms with Gasteiger partial charge in [-0.15, -0.1) is 23.6 Å². The molecular formula is C63H54N4OPtSi+2. The van der Waals surface area contributed by atoms with Crippen LogP contribution in [0.25, 0.3) is 27.6 Å². The van der Waals surface area contributed by atoms with Crippen LogP contribution < -0.4 is 34.6 Å². The van der Waals surface area contributed by atoms with Crippen LogP contribution >= 0.6 is 0 Å². The second kappa shape index (κ2) is 18.3. The summed E-state index contributed by atoms with van der Waals surface area (Å²) in [6, 6.07) is 78.4. The minimum Gasteiger partial charge on any atom is -0.509 e. The van der Waals surface area contributed by atoms with Crippen LogP contribution in [0, 0.1) is 19.0 Å². The van der Waals surface area contributed by atoms with Crippen LogP contribution in [0.5, 0.6) is 11.5 Å². The predicted molar refractivity (Wildman–Crippen MR) is 289 cm³/mol. The molecule has 0 amide bonds. The Hall–Kier alpha value is -7.20. The van der Waals surface area contributed by atoms with Gasteiger partial charge in [-0.25, -0.2) is 4.98 Å². The Labute approximate surface area is 431 Å². The van der Waals surface area contributed by atoms with Crippen LogP contribution in [0.4, 0.5) is 22.7 Å². The first-order valence-corrected chi connectivity index (χ1v) is 25.5. The Morgan fingerprint density at radius 3 is 1.86 bits per heavy atom. The molecule has 7 heteroatoms. The Morgan fingerprint density at radius 1 is 0.571 bits per heavy atom. The zero-order valence-electron chi connectivity index (χ0n) is 43.1. The average Bonchev–Trinajstić information content (AvgIpc) is 3.93. The molecule has 1 aliphatic rings. The standard InChI is InChI=1S/C63H54N4OSi.Pt/c1-44-20-17-31-58-61(44)66(47-22-18-21-45(38-47)62(2,3)4)43-65(58)48-23-19-24-49(40-48)68-50-32-34-55-56-42-54(33-35-57(56)67(59(55)41-50)60-39-46(36-37-64-60)63(5,6)7)69(51-25-11-8-12-26-51,52-27-13-9-14-28-52)53-29-15-10-16-30-53;/h8-39,42H,1-7H3;/q;+2/i1D3;. The summed E-state index contributed by atoms with van der Waals surface area (Å²) in [5, 5.41) is 7.30. The number of nitrogens with zero attached hydrogens (tertiary/aromatic N) is 4. The number of aromatic nitrogens is 2. The third-order valence-corrected chi connectivity index (χ3v) is 18.2. The first-order chi connectivity index (χ1) is 34.6. The van der Waals surface area contributed by atoms with Gasteiger partial charge in [0.15, 0.2) is 8.07 Å². The number of ether oxygens (including phenoxy) is 1. The van der Waals surface area contributed by atoms with Crippen molar-refractivity contribution in [1.82, 2.24) is 18.7 Å². The number of hydrogen-bond donors (Lipinski definition) is 0. The summed E-state index contributed by atoms with van der Waals surface area (Å²) in [5.41, 5.74) is 6.85. The molecule has 0 spiro atoms. The normalized spacial score (nSPS) is 13.4. The quantitative estimate of drug-likeness (QED) is 0.0625. The second-order valence-electron chi connectivity index (χ2n) is 19.9. The number of hydrogen-bond acceptors (Lipinski definition) is 2. The van der Waals surface area contributed by atoms with E-state index in [0.717, 1.165) is 38.9 Å². The maximum absolute atomic E-state index is 8.54. The van der Waals surface area contributed by atoms with Gasteiger partial charge in [0.25, 0.3) is 5.69 Å². The number of rotatable bonds is 9. The van der Waals surface area contributed by atoms with Crippen molar-refractivity contribution in [3.8, 4) is 17.3 Å². The van der Waals surface area contributed by atoms with Crippen LogP contribution in [0.3, 0.4) is 0 Å². The zero-order valence-corrected chi connectivity index (χ0v) is 43.3. The van der Waals surface area contributed by atoms with E-state index in [1.54, 1.807) is 12.1 Å². The largest absolute Gasteiger partial charge is 2.00 e. The third-order valence-electron chi connectivity index (χ3n) is 13.4. The van der Waals surface area contributed by atoms with Gasteiger partial charge in [0.2, 0.25) is 5.69 Å². The van der Waals surface area contributed by atoms with E-state index in [-0.39, 0.29) is 37.5 Å². The van der Waals surface area contributed by atoms with Crippen LogP contribution in [0.2, 0.25) is 0 Å². The number of pyridine rings is 1. The van der Waals surface area contributed by atoms with Gasteiger partial charge in [0.05, 0.1) is 0 Å². The molecule has 5 nitrogen and oxygen atoms in total. The topological polar surface area (TPSA) is 33.1 Å². The van der Waals surface area contributed by atoms with Crippen LogP contribution in [-0.4, -0.2) is 23.6 Å². The fourth-order valence-corrected chi connectivity index (χ4v) is 14.7. The molecule has 0 bridgehead atoms. The van der Waals surface area contributed by atoms with E-state index in [4.69, 9.17) is 13.8 Å². The minimum absolute atomic E-state index is 0. The molecule has 0 saturated heterocycles. The van der Waals surface area contributed by atoms with E-state index in [9.17, 15) is 0 Å². The number of aryl methyl sites for hydroxylation is 1. The molecular weight excluding hydrogens is 1050 g/mol. The number of fused-ring (bicyclic) bond motifs is 4. The number of para-hydroxylation sites is 1.